The maximum absolute atomic E-state index is 13.1. The van der Waals surface area contributed by atoms with Gasteiger partial charge in [-0.15, -0.1) is 0 Å². The Balaban J connectivity index is 1.79. The van der Waals surface area contributed by atoms with Crippen molar-refractivity contribution in [3.05, 3.63) is 101 Å². The number of ether oxygens (including phenoxy) is 1. The van der Waals surface area contributed by atoms with Gasteiger partial charge in [-0.3, -0.25) is 15.0 Å². The predicted molar refractivity (Wildman–Crippen MR) is 145 cm³/mol. The molecule has 0 saturated carbocycles. The molecule has 0 bridgehead atoms. The summed E-state index contributed by atoms with van der Waals surface area (Å²) in [6.07, 6.45) is 3.78. The molecule has 0 aliphatic rings. The molecule has 0 heterocycles. The first kappa shape index (κ1) is 27.8. The third-order valence-corrected chi connectivity index (χ3v) is 5.60. The summed E-state index contributed by atoms with van der Waals surface area (Å²) in [4.78, 5) is 37.7. The largest absolute Gasteiger partial charge is 0.465 e. The SMILES string of the molecule is COC(=O)c1ccc(NC(=O)[C@H](Cc2ccccc2)NC(=O)/C=C/c2cc(Cl)ccc2N(C=N)N=N)cc1. The molecule has 2 amide bonds. The monoisotopic (exact) mass is 532 g/mol. The zero-order valence-electron chi connectivity index (χ0n) is 20.4. The Hall–Kier alpha value is -4.83. The number of rotatable bonds is 11. The first-order valence-electron chi connectivity index (χ1n) is 11.3. The lowest BCUT2D eigenvalue weighted by atomic mass is 10.0. The summed E-state index contributed by atoms with van der Waals surface area (Å²) in [5.41, 5.74) is 9.68. The molecule has 10 nitrogen and oxygen atoms in total. The molecule has 0 aliphatic carbocycles. The molecule has 0 unspecified atom stereocenters. The van der Waals surface area contributed by atoms with Crippen molar-refractivity contribution < 1.29 is 19.1 Å². The number of anilines is 2. The quantitative estimate of drug-likeness (QED) is 0.0694. The molecule has 0 saturated heterocycles. The van der Waals surface area contributed by atoms with Gasteiger partial charge < -0.3 is 15.4 Å². The van der Waals surface area contributed by atoms with E-state index in [1.165, 1.54) is 31.4 Å². The lowest BCUT2D eigenvalue weighted by Gasteiger charge is -2.18. The number of nitrogens with zero attached hydrogens (tertiary/aromatic N) is 2. The number of hydrogen-bond donors (Lipinski definition) is 4. The Labute approximate surface area is 224 Å². The Bertz CT molecular complexity index is 1340. The smallest absolute Gasteiger partial charge is 0.337 e. The Morgan fingerprint density at radius 2 is 1.79 bits per heavy atom. The lowest BCUT2D eigenvalue weighted by molar-refractivity contribution is -0.123. The van der Waals surface area contributed by atoms with Crippen LogP contribution >= 0.6 is 11.6 Å². The number of methoxy groups -OCH3 is 1. The molecule has 3 rings (SSSR count). The molecule has 0 aromatic heterocycles. The highest BCUT2D eigenvalue weighted by Crippen LogP contribution is 2.25. The van der Waals surface area contributed by atoms with Gasteiger partial charge in [-0.1, -0.05) is 47.2 Å². The van der Waals surface area contributed by atoms with Crippen LogP contribution in [-0.4, -0.2) is 37.3 Å². The molecule has 11 heteroatoms. The van der Waals surface area contributed by atoms with Gasteiger partial charge in [0, 0.05) is 28.8 Å². The van der Waals surface area contributed by atoms with Crippen LogP contribution in [0.4, 0.5) is 11.4 Å². The van der Waals surface area contributed by atoms with Crippen molar-refractivity contribution in [2.75, 3.05) is 17.4 Å². The van der Waals surface area contributed by atoms with Gasteiger partial charge in [-0.2, -0.15) is 5.53 Å². The molecule has 38 heavy (non-hydrogen) atoms. The van der Waals surface area contributed by atoms with Crippen LogP contribution in [0.15, 0.2) is 84.1 Å². The normalized spacial score (nSPS) is 11.3. The highest BCUT2D eigenvalue weighted by molar-refractivity contribution is 6.30. The van der Waals surface area contributed by atoms with Gasteiger partial charge in [0.1, 0.15) is 12.4 Å². The van der Waals surface area contributed by atoms with E-state index in [0.717, 1.165) is 16.9 Å². The van der Waals surface area contributed by atoms with Crippen LogP contribution in [0.3, 0.4) is 0 Å². The molecule has 4 N–H and O–H groups in total. The van der Waals surface area contributed by atoms with E-state index in [2.05, 4.69) is 20.6 Å². The van der Waals surface area contributed by atoms with Gasteiger partial charge in [0.25, 0.3) is 0 Å². The molecule has 194 valence electrons. The highest BCUT2D eigenvalue weighted by Gasteiger charge is 2.21. The summed E-state index contributed by atoms with van der Waals surface area (Å²) in [5, 5.41) is 17.6. The summed E-state index contributed by atoms with van der Waals surface area (Å²) in [6.45, 7) is 0. The molecule has 3 aromatic carbocycles. The third kappa shape index (κ3) is 7.58. The van der Waals surface area contributed by atoms with Gasteiger partial charge in [0.2, 0.25) is 11.8 Å². The van der Waals surface area contributed by atoms with E-state index >= 15 is 0 Å². The van der Waals surface area contributed by atoms with E-state index in [-0.39, 0.29) is 6.42 Å². The van der Waals surface area contributed by atoms with Crippen molar-refractivity contribution in [1.82, 2.24) is 5.32 Å². The van der Waals surface area contributed by atoms with Crippen molar-refractivity contribution in [2.24, 2.45) is 5.22 Å². The highest BCUT2D eigenvalue weighted by atomic mass is 35.5. The van der Waals surface area contributed by atoms with E-state index in [1.807, 2.05) is 30.3 Å². The topological polar surface area (TPSA) is 148 Å². The molecular formula is C27H25ClN6O4. The van der Waals surface area contributed by atoms with E-state index < -0.39 is 23.8 Å². The number of nitrogens with one attached hydrogen (secondary N) is 4. The molecule has 0 aliphatic heterocycles. The zero-order valence-corrected chi connectivity index (χ0v) is 21.1. The summed E-state index contributed by atoms with van der Waals surface area (Å²) >= 11 is 6.09. The number of hydrogen-bond acceptors (Lipinski definition) is 7. The number of benzene rings is 3. The van der Waals surface area contributed by atoms with Crippen LogP contribution < -0.4 is 15.6 Å². The van der Waals surface area contributed by atoms with Crippen molar-refractivity contribution in [3.63, 3.8) is 0 Å². The predicted octanol–water partition coefficient (Wildman–Crippen LogP) is 4.87. The van der Waals surface area contributed by atoms with Crippen molar-refractivity contribution in [3.8, 4) is 0 Å². The van der Waals surface area contributed by atoms with E-state index in [1.54, 1.807) is 30.3 Å². The fraction of sp³-hybridized carbons (Fsp3) is 0.111. The minimum absolute atomic E-state index is 0.230. The molecule has 1 atom stereocenters. The number of esters is 1. The van der Waals surface area contributed by atoms with Gasteiger partial charge in [-0.25, -0.2) is 9.80 Å². The van der Waals surface area contributed by atoms with Gasteiger partial charge in [0.05, 0.1) is 18.4 Å². The summed E-state index contributed by atoms with van der Waals surface area (Å²) in [6, 6.07) is 19.2. The Morgan fingerprint density at radius 1 is 1.08 bits per heavy atom. The average Bonchev–Trinajstić information content (AvgIpc) is 2.93. The maximum atomic E-state index is 13.1. The molecule has 3 aromatic rings. The second kappa shape index (κ2) is 13.5. The van der Waals surface area contributed by atoms with E-state index in [4.69, 9.17) is 22.5 Å². The zero-order chi connectivity index (χ0) is 27.5. The van der Waals surface area contributed by atoms with Gasteiger partial charge in [-0.05, 0) is 54.1 Å². The molecular weight excluding hydrogens is 508 g/mol. The summed E-state index contributed by atoms with van der Waals surface area (Å²) in [7, 11) is 1.28. The minimum atomic E-state index is -0.921. The Kier molecular flexibility index (Phi) is 9.84. The number of halogens is 1. The van der Waals surface area contributed by atoms with Gasteiger partial charge in [0.15, 0.2) is 0 Å². The van der Waals surface area contributed by atoms with Crippen LogP contribution in [0, 0.1) is 10.9 Å². The van der Waals surface area contributed by atoms with Crippen molar-refractivity contribution >= 4 is 53.2 Å². The van der Waals surface area contributed by atoms with Crippen LogP contribution in [0.2, 0.25) is 5.02 Å². The first-order valence-corrected chi connectivity index (χ1v) is 11.7. The van der Waals surface area contributed by atoms with E-state index in [0.29, 0.717) is 27.5 Å². The van der Waals surface area contributed by atoms with Crippen molar-refractivity contribution in [2.45, 2.75) is 12.5 Å². The first-order chi connectivity index (χ1) is 18.3. The van der Waals surface area contributed by atoms with Crippen molar-refractivity contribution in [1.29, 1.82) is 10.9 Å². The molecule has 0 fully saturated rings. The Morgan fingerprint density at radius 3 is 2.42 bits per heavy atom. The molecule has 0 radical (unpaired) electrons. The second-order valence-electron chi connectivity index (χ2n) is 7.92. The van der Waals surface area contributed by atoms with E-state index in [9.17, 15) is 14.4 Å². The fourth-order valence-corrected chi connectivity index (χ4v) is 3.68. The number of carbonyl (C=O) groups excluding carboxylic acids is 3. The lowest BCUT2D eigenvalue weighted by Crippen LogP contribution is -2.44. The third-order valence-electron chi connectivity index (χ3n) is 5.37. The van der Waals surface area contributed by atoms with Crippen LogP contribution in [0.1, 0.15) is 21.5 Å². The summed E-state index contributed by atoms with van der Waals surface area (Å²) < 4.78 is 4.68. The van der Waals surface area contributed by atoms with Gasteiger partial charge >= 0.3 is 5.97 Å². The maximum Gasteiger partial charge on any atom is 0.337 e. The molecule has 0 spiro atoms. The minimum Gasteiger partial charge on any atom is -0.465 e. The average molecular weight is 533 g/mol. The fourth-order valence-electron chi connectivity index (χ4n) is 3.50. The summed E-state index contributed by atoms with van der Waals surface area (Å²) in [5.74, 6) is -1.49. The standard InChI is InChI=1S/C27H25ClN6O4/c1-38-27(37)19-7-11-22(12-8-19)31-26(36)23(15-18-5-3-2-4-6-18)32-25(35)14-9-20-16-21(28)10-13-24(20)34(17-29)33-30/h2-14,16-17,23,29-30H,15H2,1H3,(H,31,36)(H,32,35)/b14-9+,29-17?,33-30?/t23-/m0/s1. The van der Waals surface area contributed by atoms with Crippen LogP contribution in [0.5, 0.6) is 0 Å². The van der Waals surface area contributed by atoms with Crippen LogP contribution in [-0.2, 0) is 20.7 Å². The number of amides is 2. The second-order valence-corrected chi connectivity index (χ2v) is 8.36. The number of carbonyl (C=O) groups is 3. The van der Waals surface area contributed by atoms with Crippen LogP contribution in [0.25, 0.3) is 6.08 Å².